The standard InChI is InChI=1S/C24H25NO6/c1-15(2)19-8-6-16(3)10-21(19)30-14-23(26)31-20-9-7-17(12-22(20)28-4)11-18(13-25)24(27)29-5/h6-12,15H,14H2,1-5H3/b18-11+. The molecular weight excluding hydrogens is 398 g/mol. The molecule has 0 unspecified atom stereocenters. The SMILES string of the molecule is COC(=O)/C(C#N)=C/c1ccc(OC(=O)COc2cc(C)ccc2C(C)C)c(OC)c1. The van der Waals surface area contributed by atoms with E-state index < -0.39 is 11.9 Å². The molecule has 162 valence electrons. The zero-order valence-electron chi connectivity index (χ0n) is 18.2. The fraction of sp³-hybridized carbons (Fsp3) is 0.292. The molecule has 2 rings (SSSR count). The van der Waals surface area contributed by atoms with E-state index in [2.05, 4.69) is 18.6 Å². The molecule has 7 heteroatoms. The van der Waals surface area contributed by atoms with E-state index in [9.17, 15) is 9.59 Å². The van der Waals surface area contributed by atoms with E-state index in [1.165, 1.54) is 26.4 Å². The number of hydrogen-bond donors (Lipinski definition) is 0. The number of hydrogen-bond acceptors (Lipinski definition) is 7. The molecule has 2 aromatic carbocycles. The average molecular weight is 423 g/mol. The molecule has 0 aliphatic heterocycles. The summed E-state index contributed by atoms with van der Waals surface area (Å²) in [4.78, 5) is 23.9. The zero-order chi connectivity index (χ0) is 23.0. The second kappa shape index (κ2) is 10.8. The molecule has 31 heavy (non-hydrogen) atoms. The predicted molar refractivity (Wildman–Crippen MR) is 115 cm³/mol. The number of methoxy groups -OCH3 is 2. The number of carbonyl (C=O) groups excluding carboxylic acids is 2. The van der Waals surface area contributed by atoms with Crippen LogP contribution in [0.25, 0.3) is 6.08 Å². The van der Waals surface area contributed by atoms with Gasteiger partial charge in [-0.3, -0.25) is 0 Å². The fourth-order valence-corrected chi connectivity index (χ4v) is 2.80. The highest BCUT2D eigenvalue weighted by molar-refractivity contribution is 5.97. The van der Waals surface area contributed by atoms with E-state index in [1.807, 2.05) is 25.1 Å². The van der Waals surface area contributed by atoms with Gasteiger partial charge in [-0.2, -0.15) is 5.26 Å². The Kier molecular flexibility index (Phi) is 8.21. The molecule has 0 saturated heterocycles. The first kappa shape index (κ1) is 23.5. The van der Waals surface area contributed by atoms with E-state index in [0.717, 1.165) is 11.1 Å². The van der Waals surface area contributed by atoms with E-state index >= 15 is 0 Å². The van der Waals surface area contributed by atoms with E-state index in [4.69, 9.17) is 19.5 Å². The van der Waals surface area contributed by atoms with Crippen molar-refractivity contribution in [2.24, 2.45) is 0 Å². The van der Waals surface area contributed by atoms with Crippen LogP contribution in [0.4, 0.5) is 0 Å². The monoisotopic (exact) mass is 423 g/mol. The average Bonchev–Trinajstić information content (AvgIpc) is 2.76. The topological polar surface area (TPSA) is 94.9 Å². The Morgan fingerprint density at radius 3 is 2.42 bits per heavy atom. The highest BCUT2D eigenvalue weighted by atomic mass is 16.6. The van der Waals surface area contributed by atoms with Gasteiger partial charge < -0.3 is 18.9 Å². The van der Waals surface area contributed by atoms with Crippen molar-refractivity contribution in [2.45, 2.75) is 26.7 Å². The molecule has 0 N–H and O–H groups in total. The Labute approximate surface area is 181 Å². The van der Waals surface area contributed by atoms with Crippen molar-refractivity contribution in [3.63, 3.8) is 0 Å². The third-order valence-electron chi connectivity index (χ3n) is 4.38. The molecule has 0 radical (unpaired) electrons. The van der Waals surface area contributed by atoms with Gasteiger partial charge in [0.1, 0.15) is 17.4 Å². The van der Waals surface area contributed by atoms with Crippen molar-refractivity contribution in [3.05, 3.63) is 58.7 Å². The number of esters is 2. The number of nitrogens with zero attached hydrogens (tertiary/aromatic N) is 1. The molecular formula is C24H25NO6. The lowest BCUT2D eigenvalue weighted by Gasteiger charge is -2.15. The highest BCUT2D eigenvalue weighted by Gasteiger charge is 2.15. The minimum absolute atomic E-state index is 0.165. The van der Waals surface area contributed by atoms with Crippen molar-refractivity contribution in [1.82, 2.24) is 0 Å². The second-order valence-corrected chi connectivity index (χ2v) is 7.03. The molecule has 7 nitrogen and oxygen atoms in total. The molecule has 0 fully saturated rings. The van der Waals surface area contributed by atoms with Gasteiger partial charge in [0.15, 0.2) is 18.1 Å². The molecule has 0 bridgehead atoms. The quantitative estimate of drug-likeness (QED) is 0.272. The Bertz CT molecular complexity index is 1030. The summed E-state index contributed by atoms with van der Waals surface area (Å²) in [5, 5.41) is 9.08. The van der Waals surface area contributed by atoms with E-state index in [0.29, 0.717) is 11.3 Å². The minimum Gasteiger partial charge on any atom is -0.493 e. The van der Waals surface area contributed by atoms with Gasteiger partial charge in [-0.05, 0) is 53.8 Å². The lowest BCUT2D eigenvalue weighted by Crippen LogP contribution is -2.18. The Morgan fingerprint density at radius 1 is 1.06 bits per heavy atom. The number of nitriles is 1. The van der Waals surface area contributed by atoms with Crippen LogP contribution in [0.5, 0.6) is 17.2 Å². The minimum atomic E-state index is -0.744. The van der Waals surface area contributed by atoms with Gasteiger partial charge in [0, 0.05) is 0 Å². The maximum absolute atomic E-state index is 12.3. The largest absolute Gasteiger partial charge is 0.493 e. The van der Waals surface area contributed by atoms with Gasteiger partial charge in [0.25, 0.3) is 0 Å². The summed E-state index contributed by atoms with van der Waals surface area (Å²) in [6, 6.07) is 12.3. The van der Waals surface area contributed by atoms with Crippen molar-refractivity contribution >= 4 is 18.0 Å². The number of aryl methyl sites for hydroxylation is 1. The maximum Gasteiger partial charge on any atom is 0.349 e. The lowest BCUT2D eigenvalue weighted by molar-refractivity contribution is -0.137. The molecule has 0 spiro atoms. The van der Waals surface area contributed by atoms with Crippen molar-refractivity contribution in [2.75, 3.05) is 20.8 Å². The molecule has 0 heterocycles. The van der Waals surface area contributed by atoms with Crippen LogP contribution in [-0.4, -0.2) is 32.8 Å². The normalized spacial score (nSPS) is 10.9. The number of benzene rings is 2. The molecule has 0 aliphatic rings. The first-order valence-electron chi connectivity index (χ1n) is 9.61. The highest BCUT2D eigenvalue weighted by Crippen LogP contribution is 2.30. The Hall–Kier alpha value is -3.79. The fourth-order valence-electron chi connectivity index (χ4n) is 2.80. The molecule has 0 amide bonds. The summed E-state index contributed by atoms with van der Waals surface area (Å²) in [6.07, 6.45) is 1.36. The summed E-state index contributed by atoms with van der Waals surface area (Å²) >= 11 is 0. The second-order valence-electron chi connectivity index (χ2n) is 7.03. The Morgan fingerprint density at radius 2 is 1.81 bits per heavy atom. The van der Waals surface area contributed by atoms with E-state index in [-0.39, 0.29) is 29.6 Å². The summed E-state index contributed by atoms with van der Waals surface area (Å²) in [5.41, 5.74) is 2.38. The summed E-state index contributed by atoms with van der Waals surface area (Å²) < 4.78 is 20.9. The first-order valence-corrected chi connectivity index (χ1v) is 9.61. The molecule has 0 atom stereocenters. The predicted octanol–water partition coefficient (Wildman–Crippen LogP) is 4.19. The van der Waals surface area contributed by atoms with Crippen LogP contribution < -0.4 is 14.2 Å². The summed E-state index contributed by atoms with van der Waals surface area (Å²) in [7, 11) is 2.61. The molecule has 0 aromatic heterocycles. The van der Waals surface area contributed by atoms with Gasteiger partial charge in [-0.25, -0.2) is 9.59 Å². The smallest absolute Gasteiger partial charge is 0.349 e. The van der Waals surface area contributed by atoms with Crippen molar-refractivity contribution in [1.29, 1.82) is 5.26 Å². The number of rotatable bonds is 8. The number of ether oxygens (including phenoxy) is 4. The van der Waals surface area contributed by atoms with Gasteiger partial charge in [0.05, 0.1) is 14.2 Å². The van der Waals surface area contributed by atoms with Crippen LogP contribution in [-0.2, 0) is 14.3 Å². The van der Waals surface area contributed by atoms with Gasteiger partial charge in [-0.1, -0.05) is 32.0 Å². The third-order valence-corrected chi connectivity index (χ3v) is 4.38. The van der Waals surface area contributed by atoms with Crippen LogP contribution >= 0.6 is 0 Å². The third kappa shape index (κ3) is 6.34. The summed E-state index contributed by atoms with van der Waals surface area (Å²) in [5.74, 6) is 0.0128. The van der Waals surface area contributed by atoms with Crippen LogP contribution in [0.2, 0.25) is 0 Å². The molecule has 0 aliphatic carbocycles. The summed E-state index contributed by atoms with van der Waals surface area (Å²) in [6.45, 7) is 5.78. The van der Waals surface area contributed by atoms with Crippen LogP contribution in [0.15, 0.2) is 42.0 Å². The molecule has 0 saturated carbocycles. The maximum atomic E-state index is 12.3. The zero-order valence-corrected chi connectivity index (χ0v) is 18.2. The first-order chi connectivity index (χ1) is 14.8. The van der Waals surface area contributed by atoms with Crippen LogP contribution in [0, 0.1) is 18.3 Å². The van der Waals surface area contributed by atoms with Gasteiger partial charge in [-0.15, -0.1) is 0 Å². The number of carbonyl (C=O) groups is 2. The van der Waals surface area contributed by atoms with Gasteiger partial charge >= 0.3 is 11.9 Å². The van der Waals surface area contributed by atoms with Gasteiger partial charge in [0.2, 0.25) is 0 Å². The Balaban J connectivity index is 2.14. The molecule has 2 aromatic rings. The lowest BCUT2D eigenvalue weighted by atomic mass is 10.0. The van der Waals surface area contributed by atoms with Crippen LogP contribution in [0.3, 0.4) is 0 Å². The van der Waals surface area contributed by atoms with Crippen molar-refractivity contribution in [3.8, 4) is 23.3 Å². The van der Waals surface area contributed by atoms with Crippen molar-refractivity contribution < 1.29 is 28.5 Å². The van der Waals surface area contributed by atoms with Crippen LogP contribution in [0.1, 0.15) is 36.5 Å². The van der Waals surface area contributed by atoms with E-state index in [1.54, 1.807) is 18.2 Å².